The highest BCUT2D eigenvalue weighted by Gasteiger charge is 2.06. The summed E-state index contributed by atoms with van der Waals surface area (Å²) in [6.07, 6.45) is 2.76. The molecule has 1 aromatic carbocycles. The number of carbonyl (C=O) groups excluding carboxylic acids is 1. The highest BCUT2D eigenvalue weighted by Crippen LogP contribution is 2.17. The Morgan fingerprint density at radius 2 is 1.90 bits per heavy atom. The second-order valence-electron chi connectivity index (χ2n) is 4.06. The van der Waals surface area contributed by atoms with E-state index in [0.717, 1.165) is 0 Å². The summed E-state index contributed by atoms with van der Waals surface area (Å²) in [5.74, 6) is -0.895. The van der Waals surface area contributed by atoms with Crippen molar-refractivity contribution in [3.8, 4) is 0 Å². The van der Waals surface area contributed by atoms with Gasteiger partial charge >= 0.3 is 5.97 Å². The van der Waals surface area contributed by atoms with E-state index in [0.29, 0.717) is 16.3 Å². The molecule has 0 saturated carbocycles. The largest absolute Gasteiger partial charge is 0.456 e. The van der Waals surface area contributed by atoms with Crippen LogP contribution in [0.5, 0.6) is 0 Å². The molecule has 3 nitrogen and oxygen atoms in total. The van der Waals surface area contributed by atoms with E-state index >= 15 is 0 Å². The van der Waals surface area contributed by atoms with Gasteiger partial charge in [-0.1, -0.05) is 35.3 Å². The van der Waals surface area contributed by atoms with Gasteiger partial charge in [-0.05, 0) is 35.9 Å². The number of nitrogens with zero attached hydrogens (tertiary/aromatic N) is 1. The second kappa shape index (κ2) is 7.20. The quantitative estimate of drug-likeness (QED) is 0.478. The highest BCUT2D eigenvalue weighted by atomic mass is 35.5. The van der Waals surface area contributed by atoms with E-state index in [4.69, 9.17) is 27.9 Å². The first-order valence-electron chi connectivity index (χ1n) is 5.96. The number of esters is 1. The van der Waals surface area contributed by atoms with Crippen molar-refractivity contribution in [2.45, 2.75) is 6.61 Å². The SMILES string of the molecule is O=C(/C=C/c1ccc(F)cc1)OCc1nc(Cl)ccc1Cl. The molecule has 2 rings (SSSR count). The molecule has 0 aliphatic rings. The van der Waals surface area contributed by atoms with Crippen molar-refractivity contribution >= 4 is 35.2 Å². The molecule has 21 heavy (non-hydrogen) atoms. The van der Waals surface area contributed by atoms with Crippen LogP contribution in [-0.2, 0) is 16.1 Å². The van der Waals surface area contributed by atoms with Crippen LogP contribution in [0.1, 0.15) is 11.3 Å². The average Bonchev–Trinajstić information content (AvgIpc) is 2.47. The number of hydrogen-bond donors (Lipinski definition) is 0. The fourth-order valence-electron chi connectivity index (χ4n) is 1.48. The normalized spacial score (nSPS) is 10.8. The number of ether oxygens (including phenoxy) is 1. The molecule has 0 unspecified atom stereocenters. The summed E-state index contributed by atoms with van der Waals surface area (Å²) in [6, 6.07) is 8.84. The Hall–Kier alpha value is -1.91. The third-order valence-corrected chi connectivity index (χ3v) is 3.07. The minimum Gasteiger partial charge on any atom is -0.456 e. The minimum atomic E-state index is -0.558. The van der Waals surface area contributed by atoms with Crippen molar-refractivity contribution in [1.82, 2.24) is 4.98 Å². The molecule has 0 fully saturated rings. The van der Waals surface area contributed by atoms with Gasteiger partial charge in [0.1, 0.15) is 17.6 Å². The maximum absolute atomic E-state index is 12.7. The van der Waals surface area contributed by atoms with Crippen molar-refractivity contribution in [1.29, 1.82) is 0 Å². The average molecular weight is 326 g/mol. The third kappa shape index (κ3) is 4.85. The zero-order valence-corrected chi connectivity index (χ0v) is 12.2. The first kappa shape index (κ1) is 15.5. The van der Waals surface area contributed by atoms with Gasteiger partial charge in [-0.2, -0.15) is 0 Å². The van der Waals surface area contributed by atoms with Crippen LogP contribution in [0.4, 0.5) is 4.39 Å². The Bertz CT molecular complexity index is 672. The van der Waals surface area contributed by atoms with Gasteiger partial charge in [0.05, 0.1) is 10.7 Å². The Labute approximate surface area is 131 Å². The van der Waals surface area contributed by atoms with Crippen LogP contribution in [0.15, 0.2) is 42.5 Å². The van der Waals surface area contributed by atoms with Crippen LogP contribution in [0, 0.1) is 5.82 Å². The second-order valence-corrected chi connectivity index (χ2v) is 4.85. The molecule has 1 heterocycles. The van der Waals surface area contributed by atoms with E-state index in [1.165, 1.54) is 24.3 Å². The zero-order valence-electron chi connectivity index (χ0n) is 10.7. The number of hydrogen-bond acceptors (Lipinski definition) is 3. The molecular formula is C15H10Cl2FNO2. The van der Waals surface area contributed by atoms with Gasteiger partial charge in [-0.3, -0.25) is 0 Å². The summed E-state index contributed by atoms with van der Waals surface area (Å²) < 4.78 is 17.7. The van der Waals surface area contributed by atoms with E-state index in [-0.39, 0.29) is 17.6 Å². The predicted molar refractivity (Wildman–Crippen MR) is 79.5 cm³/mol. The monoisotopic (exact) mass is 325 g/mol. The fraction of sp³-hybridized carbons (Fsp3) is 0.0667. The summed E-state index contributed by atoms with van der Waals surface area (Å²) in [4.78, 5) is 15.5. The molecule has 0 radical (unpaired) electrons. The van der Waals surface area contributed by atoms with E-state index in [2.05, 4.69) is 4.98 Å². The van der Waals surface area contributed by atoms with E-state index in [1.54, 1.807) is 24.3 Å². The number of rotatable bonds is 4. The van der Waals surface area contributed by atoms with Crippen LogP contribution in [0.25, 0.3) is 6.08 Å². The maximum atomic E-state index is 12.7. The van der Waals surface area contributed by atoms with Crippen LogP contribution >= 0.6 is 23.2 Å². The van der Waals surface area contributed by atoms with Gasteiger partial charge in [-0.15, -0.1) is 0 Å². The summed E-state index contributed by atoms with van der Waals surface area (Å²) >= 11 is 11.6. The maximum Gasteiger partial charge on any atom is 0.331 e. The topological polar surface area (TPSA) is 39.2 Å². The fourth-order valence-corrected chi connectivity index (χ4v) is 1.81. The van der Waals surface area contributed by atoms with Crippen molar-refractivity contribution in [3.05, 3.63) is 69.7 Å². The Morgan fingerprint density at radius 1 is 1.19 bits per heavy atom. The van der Waals surface area contributed by atoms with Gasteiger partial charge in [0.15, 0.2) is 0 Å². The van der Waals surface area contributed by atoms with Gasteiger partial charge in [0.2, 0.25) is 0 Å². The Balaban J connectivity index is 1.93. The zero-order chi connectivity index (χ0) is 15.2. The van der Waals surface area contributed by atoms with Crippen LogP contribution < -0.4 is 0 Å². The van der Waals surface area contributed by atoms with Crippen LogP contribution in [0.2, 0.25) is 10.2 Å². The smallest absolute Gasteiger partial charge is 0.331 e. The molecule has 0 atom stereocenters. The van der Waals surface area contributed by atoms with Crippen molar-refractivity contribution in [2.75, 3.05) is 0 Å². The number of pyridine rings is 1. The minimum absolute atomic E-state index is 0.0774. The predicted octanol–water partition coefficient (Wildman–Crippen LogP) is 4.28. The lowest BCUT2D eigenvalue weighted by molar-refractivity contribution is -0.139. The van der Waals surface area contributed by atoms with Crippen molar-refractivity contribution < 1.29 is 13.9 Å². The Morgan fingerprint density at radius 3 is 2.62 bits per heavy atom. The third-order valence-electron chi connectivity index (χ3n) is 2.52. The molecule has 0 aliphatic carbocycles. The molecule has 0 aliphatic heterocycles. The van der Waals surface area contributed by atoms with Gasteiger partial charge in [0, 0.05) is 6.08 Å². The standard InChI is InChI=1S/C15H10Cl2FNO2/c16-12-6-7-14(17)19-13(12)9-21-15(20)8-3-10-1-4-11(18)5-2-10/h1-8H,9H2/b8-3+. The lowest BCUT2D eigenvalue weighted by atomic mass is 10.2. The first-order chi connectivity index (χ1) is 10.0. The van der Waals surface area contributed by atoms with Gasteiger partial charge in [0.25, 0.3) is 0 Å². The molecule has 2 aromatic rings. The highest BCUT2D eigenvalue weighted by molar-refractivity contribution is 6.32. The van der Waals surface area contributed by atoms with Gasteiger partial charge in [-0.25, -0.2) is 14.2 Å². The number of halogens is 3. The number of aromatic nitrogens is 1. The van der Waals surface area contributed by atoms with E-state index in [9.17, 15) is 9.18 Å². The molecule has 0 amide bonds. The van der Waals surface area contributed by atoms with Crippen LogP contribution in [-0.4, -0.2) is 11.0 Å². The number of benzene rings is 1. The first-order valence-corrected chi connectivity index (χ1v) is 6.71. The van der Waals surface area contributed by atoms with E-state index in [1.807, 2.05) is 0 Å². The van der Waals surface area contributed by atoms with Gasteiger partial charge < -0.3 is 4.74 Å². The molecule has 0 bridgehead atoms. The molecule has 0 N–H and O–H groups in total. The van der Waals surface area contributed by atoms with E-state index < -0.39 is 5.97 Å². The van der Waals surface area contributed by atoms with Crippen molar-refractivity contribution in [3.63, 3.8) is 0 Å². The molecule has 0 saturated heterocycles. The van der Waals surface area contributed by atoms with Crippen molar-refractivity contribution in [2.24, 2.45) is 0 Å². The van der Waals surface area contributed by atoms with Crippen LogP contribution in [0.3, 0.4) is 0 Å². The summed E-state index contributed by atoms with van der Waals surface area (Å²) in [7, 11) is 0. The Kier molecular flexibility index (Phi) is 5.31. The summed E-state index contributed by atoms with van der Waals surface area (Å²) in [6.45, 7) is -0.0774. The summed E-state index contributed by atoms with van der Waals surface area (Å²) in [5, 5.41) is 0.641. The number of carbonyl (C=O) groups is 1. The lowest BCUT2D eigenvalue weighted by Gasteiger charge is -2.04. The lowest BCUT2D eigenvalue weighted by Crippen LogP contribution is -2.03. The molecule has 0 spiro atoms. The molecule has 108 valence electrons. The molecule has 1 aromatic heterocycles. The summed E-state index contributed by atoms with van der Waals surface area (Å²) in [5.41, 5.74) is 1.07. The molecular weight excluding hydrogens is 316 g/mol. The molecule has 6 heteroatoms.